The average molecular weight is 445 g/mol. The number of aryl methyl sites for hydroxylation is 1. The van der Waals surface area contributed by atoms with Crippen molar-refractivity contribution in [2.75, 3.05) is 37.6 Å². The molecular weight excluding hydrogens is 416 g/mol. The molecule has 1 aliphatic heterocycles. The first-order valence-electron chi connectivity index (χ1n) is 11.3. The smallest absolute Gasteiger partial charge is 0.284 e. The highest BCUT2D eigenvalue weighted by molar-refractivity contribution is 6.01. The van der Waals surface area contributed by atoms with Crippen LogP contribution in [0.4, 0.5) is 5.69 Å². The van der Waals surface area contributed by atoms with Crippen LogP contribution in [0.3, 0.4) is 0 Å². The quantitative estimate of drug-likeness (QED) is 0.471. The number of primary amides is 1. The zero-order valence-corrected chi connectivity index (χ0v) is 18.8. The molecule has 2 N–H and O–H groups in total. The summed E-state index contributed by atoms with van der Waals surface area (Å²) in [6.07, 6.45) is 6.99. The lowest BCUT2D eigenvalue weighted by molar-refractivity contribution is 0.0975. The van der Waals surface area contributed by atoms with Crippen LogP contribution in [0.1, 0.15) is 27.5 Å². The van der Waals surface area contributed by atoms with Gasteiger partial charge in [0.25, 0.3) is 5.91 Å². The van der Waals surface area contributed by atoms with Gasteiger partial charge in [-0.15, -0.1) is 0 Å². The third-order valence-electron chi connectivity index (χ3n) is 6.26. The van der Waals surface area contributed by atoms with Crippen molar-refractivity contribution in [1.29, 1.82) is 0 Å². The minimum atomic E-state index is -0.553. The van der Waals surface area contributed by atoms with Gasteiger partial charge in [-0.05, 0) is 18.2 Å². The molecule has 4 aromatic rings. The number of para-hydroxylation sites is 1. The van der Waals surface area contributed by atoms with Gasteiger partial charge in [-0.1, -0.05) is 18.2 Å². The van der Waals surface area contributed by atoms with Gasteiger partial charge in [0, 0.05) is 81.7 Å². The molecule has 0 spiro atoms. The maximum Gasteiger partial charge on any atom is 0.284 e. The fourth-order valence-electron chi connectivity index (χ4n) is 4.55. The zero-order chi connectivity index (χ0) is 22.8. The largest absolute Gasteiger partial charge is 0.448 e. The highest BCUT2D eigenvalue weighted by atomic mass is 16.3. The summed E-state index contributed by atoms with van der Waals surface area (Å²) in [6.45, 7) is 4.71. The first-order valence-corrected chi connectivity index (χ1v) is 11.3. The number of nitrogens with zero attached hydrogens (tertiary/aromatic N) is 5. The van der Waals surface area contributed by atoms with E-state index in [9.17, 15) is 4.79 Å². The van der Waals surface area contributed by atoms with E-state index < -0.39 is 5.91 Å². The molecule has 8 nitrogen and oxygen atoms in total. The summed E-state index contributed by atoms with van der Waals surface area (Å²) >= 11 is 0. The number of pyridine rings is 1. The summed E-state index contributed by atoms with van der Waals surface area (Å²) in [7, 11) is 1.92. The first-order chi connectivity index (χ1) is 16.1. The highest BCUT2D eigenvalue weighted by Crippen LogP contribution is 2.35. The number of carbonyl (C=O) groups excluding carboxylic acids is 1. The number of carbonyl (C=O) groups is 1. The minimum Gasteiger partial charge on any atom is -0.448 e. The lowest BCUT2D eigenvalue weighted by Crippen LogP contribution is -2.47. The number of benzene rings is 1. The lowest BCUT2D eigenvalue weighted by atomic mass is 10.0. The number of piperazine rings is 1. The SMILES string of the molecule is Cn1cnc(Cc2c(C(N)=O)oc3c(N4CCN(CCc5ccccn5)CC4)cccc23)c1. The fourth-order valence-corrected chi connectivity index (χ4v) is 4.55. The Morgan fingerprint density at radius 3 is 2.61 bits per heavy atom. The van der Waals surface area contributed by atoms with Crippen LogP contribution in [0.5, 0.6) is 0 Å². The van der Waals surface area contributed by atoms with E-state index in [-0.39, 0.29) is 5.76 Å². The Hall–Kier alpha value is -3.65. The van der Waals surface area contributed by atoms with Crippen molar-refractivity contribution in [3.63, 3.8) is 0 Å². The molecule has 170 valence electrons. The van der Waals surface area contributed by atoms with Gasteiger partial charge in [-0.3, -0.25) is 14.7 Å². The number of nitrogens with two attached hydrogens (primary N) is 1. The Morgan fingerprint density at radius 1 is 1.06 bits per heavy atom. The van der Waals surface area contributed by atoms with Gasteiger partial charge in [0.15, 0.2) is 11.3 Å². The second-order valence-electron chi connectivity index (χ2n) is 8.53. The van der Waals surface area contributed by atoms with Crippen LogP contribution in [-0.2, 0) is 19.9 Å². The summed E-state index contributed by atoms with van der Waals surface area (Å²) in [5, 5.41) is 0.921. The van der Waals surface area contributed by atoms with Crippen molar-refractivity contribution in [3.8, 4) is 0 Å². The Kier molecular flexibility index (Phi) is 5.83. The van der Waals surface area contributed by atoms with E-state index >= 15 is 0 Å². The molecule has 5 rings (SSSR count). The van der Waals surface area contributed by atoms with Crippen molar-refractivity contribution in [2.45, 2.75) is 12.8 Å². The third kappa shape index (κ3) is 4.47. The molecule has 0 aliphatic carbocycles. The van der Waals surface area contributed by atoms with E-state index in [0.717, 1.165) is 72.8 Å². The summed E-state index contributed by atoms with van der Waals surface area (Å²) in [6, 6.07) is 12.1. The fraction of sp³-hybridized carbons (Fsp3) is 0.320. The van der Waals surface area contributed by atoms with Gasteiger partial charge >= 0.3 is 0 Å². The van der Waals surface area contributed by atoms with Crippen molar-refractivity contribution in [1.82, 2.24) is 19.4 Å². The standard InChI is InChI=1S/C25H28N6O2/c1-29-16-19(28-17-29)15-21-20-6-4-7-22(23(20)33-24(21)25(26)32)31-13-11-30(12-14-31)10-8-18-5-2-3-9-27-18/h2-7,9,16-17H,8,10-15H2,1H3,(H2,26,32). The monoisotopic (exact) mass is 444 g/mol. The Bertz CT molecular complexity index is 1250. The molecule has 1 amide bonds. The van der Waals surface area contributed by atoms with E-state index in [1.54, 1.807) is 6.33 Å². The molecule has 0 unspecified atom stereocenters. The van der Waals surface area contributed by atoms with Gasteiger partial charge in [-0.2, -0.15) is 0 Å². The van der Waals surface area contributed by atoms with Crippen LogP contribution in [0.15, 0.2) is 59.5 Å². The third-order valence-corrected chi connectivity index (χ3v) is 6.26. The van der Waals surface area contributed by atoms with Gasteiger partial charge < -0.3 is 19.6 Å². The summed E-state index contributed by atoms with van der Waals surface area (Å²) in [5.74, 6) is -0.334. The second kappa shape index (κ2) is 9.07. The van der Waals surface area contributed by atoms with Crippen LogP contribution in [0, 0.1) is 0 Å². The maximum absolute atomic E-state index is 12.2. The molecule has 0 radical (unpaired) electrons. The average Bonchev–Trinajstić information content (AvgIpc) is 3.42. The van der Waals surface area contributed by atoms with Crippen molar-refractivity contribution in [3.05, 3.63) is 77.8 Å². The van der Waals surface area contributed by atoms with Gasteiger partial charge in [0.2, 0.25) is 0 Å². The normalized spacial score (nSPS) is 14.8. The van der Waals surface area contributed by atoms with Crippen LogP contribution in [0.2, 0.25) is 0 Å². The van der Waals surface area contributed by atoms with Crippen LogP contribution >= 0.6 is 0 Å². The number of anilines is 1. The number of fused-ring (bicyclic) bond motifs is 1. The molecule has 4 heterocycles. The molecule has 8 heteroatoms. The number of furan rings is 1. The molecular formula is C25H28N6O2. The molecule has 1 aliphatic rings. The highest BCUT2D eigenvalue weighted by Gasteiger charge is 2.25. The summed E-state index contributed by atoms with van der Waals surface area (Å²) < 4.78 is 7.97. The molecule has 0 atom stereocenters. The Balaban J connectivity index is 1.34. The number of hydrogen-bond donors (Lipinski definition) is 1. The number of amides is 1. The Morgan fingerprint density at radius 2 is 1.91 bits per heavy atom. The zero-order valence-electron chi connectivity index (χ0n) is 18.8. The Labute approximate surface area is 192 Å². The van der Waals surface area contributed by atoms with Gasteiger partial charge in [-0.25, -0.2) is 4.98 Å². The van der Waals surface area contributed by atoms with E-state index in [1.165, 1.54) is 0 Å². The van der Waals surface area contributed by atoms with Crippen LogP contribution in [0.25, 0.3) is 11.0 Å². The first kappa shape index (κ1) is 21.2. The van der Waals surface area contributed by atoms with Gasteiger partial charge in [0.05, 0.1) is 17.7 Å². The molecule has 0 saturated carbocycles. The number of rotatable bonds is 7. The minimum absolute atomic E-state index is 0.220. The topological polar surface area (TPSA) is 93.4 Å². The molecule has 33 heavy (non-hydrogen) atoms. The molecule has 0 bridgehead atoms. The van der Waals surface area contributed by atoms with E-state index in [2.05, 4.69) is 31.9 Å². The van der Waals surface area contributed by atoms with Crippen molar-refractivity contribution in [2.24, 2.45) is 12.8 Å². The van der Waals surface area contributed by atoms with Crippen molar-refractivity contribution < 1.29 is 9.21 Å². The van der Waals surface area contributed by atoms with E-state index in [1.807, 2.05) is 48.3 Å². The molecule has 1 aromatic carbocycles. The lowest BCUT2D eigenvalue weighted by Gasteiger charge is -2.36. The predicted molar refractivity (Wildman–Crippen MR) is 127 cm³/mol. The molecule has 1 saturated heterocycles. The van der Waals surface area contributed by atoms with Crippen LogP contribution < -0.4 is 10.6 Å². The number of imidazole rings is 1. The maximum atomic E-state index is 12.2. The summed E-state index contributed by atoms with van der Waals surface area (Å²) in [4.78, 5) is 25.8. The molecule has 1 fully saturated rings. The van der Waals surface area contributed by atoms with E-state index in [0.29, 0.717) is 6.42 Å². The predicted octanol–water partition coefficient (Wildman–Crippen LogP) is 2.62. The van der Waals surface area contributed by atoms with Gasteiger partial charge in [0.1, 0.15) is 0 Å². The second-order valence-corrected chi connectivity index (χ2v) is 8.53. The van der Waals surface area contributed by atoms with Crippen molar-refractivity contribution >= 4 is 22.6 Å². The van der Waals surface area contributed by atoms with E-state index in [4.69, 9.17) is 10.2 Å². The number of aromatic nitrogens is 3. The summed E-state index contributed by atoms with van der Waals surface area (Å²) in [5.41, 5.74) is 10.2. The molecule has 3 aromatic heterocycles. The number of hydrogen-bond acceptors (Lipinski definition) is 6. The van der Waals surface area contributed by atoms with Crippen LogP contribution in [-0.4, -0.2) is 58.1 Å².